The predicted molar refractivity (Wildman–Crippen MR) is 78.9 cm³/mol. The van der Waals surface area contributed by atoms with Crippen molar-refractivity contribution in [3.8, 4) is 0 Å². The predicted octanol–water partition coefficient (Wildman–Crippen LogP) is 0.367. The molecule has 0 saturated heterocycles. The van der Waals surface area contributed by atoms with Crippen LogP contribution in [0, 0.1) is 0 Å². The molecule has 0 aliphatic rings. The quantitative estimate of drug-likeness (QED) is 0.475. The molecule has 0 unspecified atom stereocenters. The summed E-state index contributed by atoms with van der Waals surface area (Å²) in [4.78, 5) is 33.7. The number of rotatable bonds is 8. The highest BCUT2D eigenvalue weighted by molar-refractivity contribution is 5.86. The first-order chi connectivity index (χ1) is 10.5. The van der Waals surface area contributed by atoms with Gasteiger partial charge in [-0.15, -0.1) is 0 Å². The third-order valence-electron chi connectivity index (χ3n) is 2.81. The molecule has 3 N–H and O–H groups in total. The molecule has 0 saturated carbocycles. The number of aldehydes is 1. The van der Waals surface area contributed by atoms with Crippen LogP contribution in [0.15, 0.2) is 30.3 Å². The molecule has 0 aliphatic carbocycles. The lowest BCUT2D eigenvalue weighted by molar-refractivity contribution is -0.125. The second-order valence-electron chi connectivity index (χ2n) is 4.67. The van der Waals surface area contributed by atoms with Crippen molar-refractivity contribution >= 4 is 18.3 Å². The van der Waals surface area contributed by atoms with Crippen molar-refractivity contribution in [3.63, 3.8) is 0 Å². The fourth-order valence-corrected chi connectivity index (χ4v) is 1.66. The average Bonchev–Trinajstić information content (AvgIpc) is 2.51. The summed E-state index contributed by atoms with van der Waals surface area (Å²) in [6.07, 6.45) is -1.07. The molecule has 0 radical (unpaired) electrons. The van der Waals surface area contributed by atoms with Gasteiger partial charge in [0.15, 0.2) is 0 Å². The van der Waals surface area contributed by atoms with Crippen LogP contribution in [0.25, 0.3) is 0 Å². The summed E-state index contributed by atoms with van der Waals surface area (Å²) in [5, 5.41) is 14.3. The molecule has 0 aromatic heterocycles. The van der Waals surface area contributed by atoms with E-state index >= 15 is 0 Å². The van der Waals surface area contributed by atoms with Gasteiger partial charge in [-0.05, 0) is 12.5 Å². The molecule has 7 heteroatoms. The van der Waals surface area contributed by atoms with Crippen LogP contribution in [0.3, 0.4) is 0 Å². The summed E-state index contributed by atoms with van der Waals surface area (Å²) in [7, 11) is 0. The number of amides is 2. The van der Waals surface area contributed by atoms with Gasteiger partial charge in [-0.25, -0.2) is 4.79 Å². The van der Waals surface area contributed by atoms with E-state index in [0.29, 0.717) is 6.29 Å². The number of alkyl carbamates (subject to hydrolysis) is 1. The van der Waals surface area contributed by atoms with Crippen molar-refractivity contribution in [3.05, 3.63) is 35.9 Å². The van der Waals surface area contributed by atoms with Gasteiger partial charge >= 0.3 is 6.09 Å². The van der Waals surface area contributed by atoms with Gasteiger partial charge in [0.05, 0.1) is 6.10 Å². The Labute approximate surface area is 128 Å². The van der Waals surface area contributed by atoms with Crippen molar-refractivity contribution in [2.75, 3.05) is 6.54 Å². The molecule has 22 heavy (non-hydrogen) atoms. The van der Waals surface area contributed by atoms with Gasteiger partial charge in [-0.3, -0.25) is 4.79 Å². The molecule has 1 aromatic carbocycles. The van der Waals surface area contributed by atoms with E-state index in [-0.39, 0.29) is 19.6 Å². The summed E-state index contributed by atoms with van der Waals surface area (Å²) >= 11 is 0. The minimum absolute atomic E-state index is 0.0615. The second-order valence-corrected chi connectivity index (χ2v) is 4.67. The molecule has 2 atom stereocenters. The monoisotopic (exact) mass is 308 g/mol. The van der Waals surface area contributed by atoms with E-state index in [0.717, 1.165) is 5.56 Å². The first-order valence-corrected chi connectivity index (χ1v) is 6.91. The SMILES string of the molecule is C[C@H](O)[C@H](NC(=O)OCc1ccccc1)C(=O)NCCC=O. The fraction of sp³-hybridized carbons (Fsp3) is 0.400. The van der Waals surface area contributed by atoms with Gasteiger partial charge in [0.2, 0.25) is 5.91 Å². The number of nitrogens with one attached hydrogen (secondary N) is 2. The van der Waals surface area contributed by atoms with Crippen LogP contribution >= 0.6 is 0 Å². The summed E-state index contributed by atoms with van der Waals surface area (Å²) in [5.41, 5.74) is 0.807. The number of carbonyl (C=O) groups excluding carboxylic acids is 3. The first-order valence-electron chi connectivity index (χ1n) is 6.91. The lowest BCUT2D eigenvalue weighted by atomic mass is 10.1. The minimum atomic E-state index is -1.14. The summed E-state index contributed by atoms with van der Waals surface area (Å²) < 4.78 is 4.99. The Hall–Kier alpha value is -2.41. The topological polar surface area (TPSA) is 105 Å². The van der Waals surface area contributed by atoms with Crippen molar-refractivity contribution in [2.45, 2.75) is 32.1 Å². The average molecular weight is 308 g/mol. The van der Waals surface area contributed by atoms with E-state index in [1.165, 1.54) is 6.92 Å². The Morgan fingerprint density at radius 1 is 1.32 bits per heavy atom. The Morgan fingerprint density at radius 3 is 2.59 bits per heavy atom. The van der Waals surface area contributed by atoms with Crippen molar-refractivity contribution in [2.24, 2.45) is 0 Å². The van der Waals surface area contributed by atoms with E-state index in [1.54, 1.807) is 12.1 Å². The number of carbonyl (C=O) groups is 3. The van der Waals surface area contributed by atoms with E-state index in [9.17, 15) is 19.5 Å². The molecule has 1 rings (SSSR count). The van der Waals surface area contributed by atoms with Crippen LogP contribution in [0.1, 0.15) is 18.9 Å². The number of hydrogen-bond donors (Lipinski definition) is 3. The van der Waals surface area contributed by atoms with Crippen molar-refractivity contribution in [1.82, 2.24) is 10.6 Å². The highest BCUT2D eigenvalue weighted by Gasteiger charge is 2.25. The molecular weight excluding hydrogens is 288 g/mol. The molecule has 2 amide bonds. The third kappa shape index (κ3) is 6.36. The molecule has 0 heterocycles. The number of ether oxygens (including phenoxy) is 1. The van der Waals surface area contributed by atoms with Gasteiger partial charge in [0.25, 0.3) is 0 Å². The van der Waals surface area contributed by atoms with E-state index in [1.807, 2.05) is 18.2 Å². The van der Waals surface area contributed by atoms with E-state index in [4.69, 9.17) is 4.74 Å². The maximum Gasteiger partial charge on any atom is 0.408 e. The van der Waals surface area contributed by atoms with Crippen LogP contribution in [0.2, 0.25) is 0 Å². The van der Waals surface area contributed by atoms with Crippen LogP contribution < -0.4 is 10.6 Å². The molecular formula is C15H20N2O5. The van der Waals surface area contributed by atoms with Gasteiger partial charge in [-0.2, -0.15) is 0 Å². The molecule has 0 spiro atoms. The second kappa shape index (κ2) is 9.51. The lowest BCUT2D eigenvalue weighted by Crippen LogP contribution is -2.52. The van der Waals surface area contributed by atoms with E-state index in [2.05, 4.69) is 10.6 Å². The van der Waals surface area contributed by atoms with Crippen molar-refractivity contribution in [1.29, 1.82) is 0 Å². The maximum absolute atomic E-state index is 11.8. The number of aliphatic hydroxyl groups excluding tert-OH is 1. The Morgan fingerprint density at radius 2 is 2.00 bits per heavy atom. The van der Waals surface area contributed by atoms with Crippen LogP contribution in [-0.4, -0.2) is 42.1 Å². The molecule has 0 bridgehead atoms. The normalized spacial score (nSPS) is 12.8. The zero-order valence-corrected chi connectivity index (χ0v) is 12.3. The molecule has 120 valence electrons. The van der Waals surface area contributed by atoms with Gasteiger partial charge in [-0.1, -0.05) is 30.3 Å². The van der Waals surface area contributed by atoms with Crippen LogP contribution in [-0.2, 0) is 20.9 Å². The highest BCUT2D eigenvalue weighted by Crippen LogP contribution is 2.01. The standard InChI is InChI=1S/C15H20N2O5/c1-11(19)13(14(20)16-8-5-9-18)17-15(21)22-10-12-6-3-2-4-7-12/h2-4,6-7,9,11,13,19H,5,8,10H2,1H3,(H,16,20)(H,17,21)/t11-,13-/m0/s1. The molecule has 1 aromatic rings. The zero-order chi connectivity index (χ0) is 16.4. The van der Waals surface area contributed by atoms with Crippen molar-refractivity contribution < 1.29 is 24.2 Å². The van der Waals surface area contributed by atoms with E-state index < -0.39 is 24.1 Å². The van der Waals surface area contributed by atoms with Gasteiger partial charge < -0.3 is 25.3 Å². The Bertz CT molecular complexity index is 490. The lowest BCUT2D eigenvalue weighted by Gasteiger charge is -2.20. The molecule has 0 aliphatic heterocycles. The Kier molecular flexibility index (Phi) is 7.63. The van der Waals surface area contributed by atoms with Gasteiger partial charge in [0.1, 0.15) is 18.9 Å². The molecule has 7 nitrogen and oxygen atoms in total. The number of hydrogen-bond acceptors (Lipinski definition) is 5. The fourth-order valence-electron chi connectivity index (χ4n) is 1.66. The third-order valence-corrected chi connectivity index (χ3v) is 2.81. The molecule has 0 fully saturated rings. The van der Waals surface area contributed by atoms with Crippen LogP contribution in [0.4, 0.5) is 4.79 Å². The highest BCUT2D eigenvalue weighted by atomic mass is 16.5. The van der Waals surface area contributed by atoms with Crippen LogP contribution in [0.5, 0.6) is 0 Å². The largest absolute Gasteiger partial charge is 0.445 e. The summed E-state index contributed by atoms with van der Waals surface area (Å²) in [6.45, 7) is 1.58. The summed E-state index contributed by atoms with van der Waals surface area (Å²) in [5.74, 6) is -0.575. The number of aliphatic hydroxyl groups is 1. The maximum atomic E-state index is 11.8. The summed E-state index contributed by atoms with van der Waals surface area (Å²) in [6, 6.07) is 7.93. The minimum Gasteiger partial charge on any atom is -0.445 e. The zero-order valence-electron chi connectivity index (χ0n) is 12.3. The Balaban J connectivity index is 2.46. The number of benzene rings is 1. The smallest absolute Gasteiger partial charge is 0.408 e. The first kappa shape index (κ1) is 17.6. The van der Waals surface area contributed by atoms with Gasteiger partial charge in [0, 0.05) is 13.0 Å².